The normalized spacial score (nSPS) is 14.0. The Bertz CT molecular complexity index is 703. The molecule has 23 heavy (non-hydrogen) atoms. The molecule has 2 heterocycles. The second-order valence-corrected chi connectivity index (χ2v) is 6.65. The lowest BCUT2D eigenvalue weighted by atomic mass is 9.99. The molecule has 3 rings (SSSR count). The molecule has 0 saturated carbocycles. The highest BCUT2D eigenvalue weighted by Crippen LogP contribution is 2.45. The van der Waals surface area contributed by atoms with Crippen LogP contribution >= 0.6 is 11.6 Å². The van der Waals surface area contributed by atoms with Crippen LogP contribution in [0, 0.1) is 5.92 Å². The van der Waals surface area contributed by atoms with Gasteiger partial charge in [0, 0.05) is 29.6 Å². The van der Waals surface area contributed by atoms with Gasteiger partial charge in [-0.3, -0.25) is 4.98 Å². The van der Waals surface area contributed by atoms with Crippen LogP contribution < -0.4 is 15.2 Å². The maximum atomic E-state index is 6.48. The fourth-order valence-electron chi connectivity index (χ4n) is 2.83. The van der Waals surface area contributed by atoms with Crippen LogP contribution in [0.5, 0.6) is 11.5 Å². The molecule has 2 N–H and O–H groups in total. The van der Waals surface area contributed by atoms with Crippen LogP contribution in [0.2, 0.25) is 5.02 Å². The second-order valence-electron chi connectivity index (χ2n) is 6.28. The van der Waals surface area contributed by atoms with Gasteiger partial charge in [-0.2, -0.15) is 0 Å². The van der Waals surface area contributed by atoms with Crippen molar-refractivity contribution in [3.05, 3.63) is 41.2 Å². The Hall–Kier alpha value is -1.78. The summed E-state index contributed by atoms with van der Waals surface area (Å²) in [5.41, 5.74) is 9.20. The van der Waals surface area contributed by atoms with E-state index in [0.717, 1.165) is 23.1 Å². The number of benzene rings is 1. The number of hydrogen-bond acceptors (Lipinski definition) is 4. The van der Waals surface area contributed by atoms with Gasteiger partial charge in [0.25, 0.3) is 0 Å². The van der Waals surface area contributed by atoms with Crippen molar-refractivity contribution < 1.29 is 9.47 Å². The fraction of sp³-hybridized carbons (Fsp3) is 0.389. The zero-order valence-electron chi connectivity index (χ0n) is 13.4. The van der Waals surface area contributed by atoms with Crippen LogP contribution in [0.3, 0.4) is 0 Å². The minimum atomic E-state index is -0.00480. The first-order chi connectivity index (χ1) is 11.1. The zero-order valence-corrected chi connectivity index (χ0v) is 14.1. The van der Waals surface area contributed by atoms with E-state index in [0.29, 0.717) is 35.7 Å². The van der Waals surface area contributed by atoms with E-state index in [1.807, 2.05) is 24.4 Å². The van der Waals surface area contributed by atoms with Gasteiger partial charge in [-0.25, -0.2) is 0 Å². The molecule has 0 bridgehead atoms. The molecular formula is C18H21ClN2O2. The van der Waals surface area contributed by atoms with Crippen LogP contribution in [-0.2, 0) is 6.61 Å². The van der Waals surface area contributed by atoms with E-state index < -0.39 is 0 Å². The average Bonchev–Trinajstić information content (AvgIpc) is 2.53. The molecule has 0 aliphatic carbocycles. The predicted molar refractivity (Wildman–Crippen MR) is 91.9 cm³/mol. The van der Waals surface area contributed by atoms with E-state index in [2.05, 4.69) is 18.8 Å². The van der Waals surface area contributed by atoms with Gasteiger partial charge >= 0.3 is 0 Å². The predicted octanol–water partition coefficient (Wildman–Crippen LogP) is 4.05. The van der Waals surface area contributed by atoms with Crippen molar-refractivity contribution >= 4 is 11.6 Å². The van der Waals surface area contributed by atoms with Crippen molar-refractivity contribution in [3.8, 4) is 22.6 Å². The standard InChI is InChI=1S/C18H21ClN2O2/c1-11(2)7-13(20)10-22-16-4-3-15-14-5-6-21-8-12(14)9-23-18(15)17(16)19/h3-6,8,11,13H,7,9-10,20H2,1-2H3. The average molecular weight is 333 g/mol. The van der Waals surface area contributed by atoms with E-state index in [1.54, 1.807) is 6.20 Å². The summed E-state index contributed by atoms with van der Waals surface area (Å²) in [6.07, 6.45) is 4.51. The van der Waals surface area contributed by atoms with Gasteiger partial charge in [0.1, 0.15) is 29.7 Å². The summed E-state index contributed by atoms with van der Waals surface area (Å²) in [6.45, 7) is 5.20. The lowest BCUT2D eigenvalue weighted by molar-refractivity contribution is 0.266. The van der Waals surface area contributed by atoms with Crippen molar-refractivity contribution in [2.75, 3.05) is 6.61 Å². The number of rotatable bonds is 5. The molecule has 1 atom stereocenters. The van der Waals surface area contributed by atoms with Crippen molar-refractivity contribution in [2.45, 2.75) is 32.9 Å². The molecule has 1 aliphatic heterocycles. The highest BCUT2D eigenvalue weighted by Gasteiger charge is 2.22. The molecule has 0 radical (unpaired) electrons. The molecular weight excluding hydrogens is 312 g/mol. The van der Waals surface area contributed by atoms with Crippen LogP contribution in [0.1, 0.15) is 25.8 Å². The molecule has 2 aromatic rings. The number of hydrogen-bond donors (Lipinski definition) is 1. The van der Waals surface area contributed by atoms with Crippen LogP contribution in [0.15, 0.2) is 30.6 Å². The molecule has 4 nitrogen and oxygen atoms in total. The number of nitrogens with two attached hydrogens (primary N) is 1. The SMILES string of the molecule is CC(C)CC(N)COc1ccc2c(c1Cl)OCc1cnccc1-2. The lowest BCUT2D eigenvalue weighted by Gasteiger charge is -2.23. The van der Waals surface area contributed by atoms with Crippen LogP contribution in [-0.4, -0.2) is 17.6 Å². The Balaban J connectivity index is 1.81. The van der Waals surface area contributed by atoms with Crippen molar-refractivity contribution in [3.63, 3.8) is 0 Å². The Morgan fingerprint density at radius 1 is 1.30 bits per heavy atom. The highest BCUT2D eigenvalue weighted by molar-refractivity contribution is 6.34. The Kier molecular flexibility index (Phi) is 4.74. The largest absolute Gasteiger partial charge is 0.490 e. The van der Waals surface area contributed by atoms with E-state index >= 15 is 0 Å². The van der Waals surface area contributed by atoms with Gasteiger partial charge in [-0.15, -0.1) is 0 Å². The third kappa shape index (κ3) is 3.43. The first-order valence-corrected chi connectivity index (χ1v) is 8.21. The van der Waals surface area contributed by atoms with Gasteiger partial charge < -0.3 is 15.2 Å². The number of pyridine rings is 1. The highest BCUT2D eigenvalue weighted by atomic mass is 35.5. The number of ether oxygens (including phenoxy) is 2. The molecule has 5 heteroatoms. The summed E-state index contributed by atoms with van der Waals surface area (Å²) < 4.78 is 11.6. The van der Waals surface area contributed by atoms with Gasteiger partial charge in [0.15, 0.2) is 0 Å². The van der Waals surface area contributed by atoms with Gasteiger partial charge in [-0.1, -0.05) is 25.4 Å². The summed E-state index contributed by atoms with van der Waals surface area (Å²) in [7, 11) is 0. The first-order valence-electron chi connectivity index (χ1n) is 7.83. The Morgan fingerprint density at radius 3 is 2.91 bits per heavy atom. The van der Waals surface area contributed by atoms with Gasteiger partial charge in [-0.05, 0) is 36.1 Å². The van der Waals surface area contributed by atoms with Crippen LogP contribution in [0.4, 0.5) is 0 Å². The topological polar surface area (TPSA) is 57.4 Å². The third-order valence-electron chi connectivity index (χ3n) is 3.85. The van der Waals surface area contributed by atoms with E-state index in [-0.39, 0.29) is 6.04 Å². The summed E-state index contributed by atoms with van der Waals surface area (Å²) in [5.74, 6) is 1.82. The minimum absolute atomic E-state index is 0.00480. The fourth-order valence-corrected chi connectivity index (χ4v) is 3.10. The van der Waals surface area contributed by atoms with Crippen molar-refractivity contribution in [1.82, 2.24) is 4.98 Å². The summed E-state index contributed by atoms with van der Waals surface area (Å²) in [4.78, 5) is 4.13. The molecule has 0 amide bonds. The third-order valence-corrected chi connectivity index (χ3v) is 4.21. The van der Waals surface area contributed by atoms with Crippen molar-refractivity contribution in [2.24, 2.45) is 11.7 Å². The van der Waals surface area contributed by atoms with E-state index in [4.69, 9.17) is 26.8 Å². The molecule has 1 aromatic heterocycles. The molecule has 0 fully saturated rings. The van der Waals surface area contributed by atoms with Crippen molar-refractivity contribution in [1.29, 1.82) is 0 Å². The van der Waals surface area contributed by atoms with Crippen LogP contribution in [0.25, 0.3) is 11.1 Å². The monoisotopic (exact) mass is 332 g/mol. The number of aromatic nitrogens is 1. The Labute approximate surface area is 141 Å². The molecule has 1 aliphatic rings. The Morgan fingerprint density at radius 2 is 2.13 bits per heavy atom. The number of nitrogens with zero attached hydrogens (tertiary/aromatic N) is 1. The first kappa shape index (κ1) is 16.1. The summed E-state index contributed by atoms with van der Waals surface area (Å²) in [5, 5.41) is 0.502. The van der Waals surface area contributed by atoms with E-state index in [9.17, 15) is 0 Å². The molecule has 1 unspecified atom stereocenters. The summed E-state index contributed by atoms with van der Waals surface area (Å²) >= 11 is 6.48. The number of fused-ring (bicyclic) bond motifs is 3. The van der Waals surface area contributed by atoms with E-state index in [1.165, 1.54) is 0 Å². The maximum Gasteiger partial charge on any atom is 0.150 e. The minimum Gasteiger partial charge on any atom is -0.490 e. The second kappa shape index (κ2) is 6.77. The maximum absolute atomic E-state index is 6.48. The molecule has 0 saturated heterocycles. The summed E-state index contributed by atoms with van der Waals surface area (Å²) in [6, 6.07) is 5.83. The quantitative estimate of drug-likeness (QED) is 0.897. The smallest absolute Gasteiger partial charge is 0.150 e. The zero-order chi connectivity index (χ0) is 16.4. The van der Waals surface area contributed by atoms with Gasteiger partial charge in [0.05, 0.1) is 0 Å². The number of halogens is 1. The van der Waals surface area contributed by atoms with Gasteiger partial charge in [0.2, 0.25) is 0 Å². The lowest BCUT2D eigenvalue weighted by Crippen LogP contribution is -2.29. The molecule has 0 spiro atoms. The molecule has 1 aromatic carbocycles. The molecule has 122 valence electrons.